The van der Waals surface area contributed by atoms with Crippen LogP contribution >= 0.6 is 0 Å². The number of aryl methyl sites for hydroxylation is 2. The van der Waals surface area contributed by atoms with E-state index >= 15 is 0 Å². The van der Waals surface area contributed by atoms with Crippen LogP contribution in [-0.4, -0.2) is 0 Å². The van der Waals surface area contributed by atoms with Gasteiger partial charge in [-0.05, 0) is 129 Å². The normalized spacial score (nSPS) is 11.5. The highest BCUT2D eigenvalue weighted by atomic mass is 15.2. The monoisotopic (exact) mass is 758 g/mol. The molecule has 0 aliphatic heterocycles. The van der Waals surface area contributed by atoms with E-state index in [1.807, 2.05) is 0 Å². The van der Waals surface area contributed by atoms with Crippen LogP contribution in [0.1, 0.15) is 36.5 Å². The zero-order valence-electron chi connectivity index (χ0n) is 34.0. The molecule has 10 aromatic rings. The second-order valence-electron chi connectivity index (χ2n) is 16.0. The molecular weight excluding hydrogens is 713 g/mol. The molecule has 2 nitrogen and oxygen atoms in total. The lowest BCUT2D eigenvalue weighted by atomic mass is 9.90. The molecule has 10 aromatic carbocycles. The van der Waals surface area contributed by atoms with E-state index in [-0.39, 0.29) is 0 Å². The van der Waals surface area contributed by atoms with Crippen molar-refractivity contribution >= 4 is 66.4 Å². The number of nitrogens with zero attached hydrogens (tertiary/aromatic N) is 2. The van der Waals surface area contributed by atoms with Gasteiger partial charge in [0.25, 0.3) is 0 Å². The first-order valence-corrected chi connectivity index (χ1v) is 20.7. The van der Waals surface area contributed by atoms with Crippen LogP contribution in [0.5, 0.6) is 0 Å². The first-order chi connectivity index (χ1) is 28.9. The Morgan fingerprint density at radius 2 is 0.797 bits per heavy atom. The Balaban J connectivity index is 1.21. The zero-order valence-corrected chi connectivity index (χ0v) is 34.0. The molecule has 0 unspecified atom stereocenters. The first kappa shape index (κ1) is 36.2. The van der Waals surface area contributed by atoms with Gasteiger partial charge in [-0.15, -0.1) is 0 Å². The fraction of sp³-hybridized carbons (Fsp3) is 0.0877. The van der Waals surface area contributed by atoms with Crippen LogP contribution in [0, 0.1) is 13.8 Å². The van der Waals surface area contributed by atoms with E-state index < -0.39 is 0 Å². The Kier molecular flexibility index (Phi) is 9.19. The minimum absolute atomic E-state index is 0.415. The largest absolute Gasteiger partial charge is 0.310 e. The van der Waals surface area contributed by atoms with Crippen molar-refractivity contribution in [3.63, 3.8) is 0 Å². The predicted molar refractivity (Wildman–Crippen MR) is 254 cm³/mol. The summed E-state index contributed by atoms with van der Waals surface area (Å²) >= 11 is 0. The zero-order chi connectivity index (χ0) is 40.0. The summed E-state index contributed by atoms with van der Waals surface area (Å²) in [5, 5.41) is 7.47. The predicted octanol–water partition coefficient (Wildman–Crippen LogP) is 16.6. The second kappa shape index (κ2) is 15.0. The van der Waals surface area contributed by atoms with Crippen LogP contribution in [0.15, 0.2) is 200 Å². The molecule has 10 rings (SSSR count). The molecule has 284 valence electrons. The fourth-order valence-corrected chi connectivity index (χ4v) is 9.07. The van der Waals surface area contributed by atoms with Gasteiger partial charge in [-0.25, -0.2) is 0 Å². The number of rotatable bonds is 9. The van der Waals surface area contributed by atoms with Crippen molar-refractivity contribution < 1.29 is 0 Å². The van der Waals surface area contributed by atoms with Crippen molar-refractivity contribution in [1.29, 1.82) is 0 Å². The van der Waals surface area contributed by atoms with Gasteiger partial charge in [0, 0.05) is 33.5 Å². The molecule has 59 heavy (non-hydrogen) atoms. The molecule has 0 saturated heterocycles. The van der Waals surface area contributed by atoms with Crippen molar-refractivity contribution in [2.45, 2.75) is 33.6 Å². The van der Waals surface area contributed by atoms with E-state index in [2.05, 4.69) is 238 Å². The molecule has 0 saturated carbocycles. The van der Waals surface area contributed by atoms with E-state index in [1.54, 1.807) is 0 Å². The average Bonchev–Trinajstić information content (AvgIpc) is 3.28. The van der Waals surface area contributed by atoms with Gasteiger partial charge in [0.05, 0.1) is 11.4 Å². The molecule has 0 amide bonds. The average molecular weight is 759 g/mol. The highest BCUT2D eigenvalue weighted by molar-refractivity contribution is 6.28. The summed E-state index contributed by atoms with van der Waals surface area (Å²) in [6, 6.07) is 73.6. The van der Waals surface area contributed by atoms with Crippen LogP contribution in [0.25, 0.3) is 54.6 Å². The summed E-state index contributed by atoms with van der Waals surface area (Å²) < 4.78 is 0. The number of para-hydroxylation sites is 2. The molecule has 0 atom stereocenters. The van der Waals surface area contributed by atoms with Gasteiger partial charge in [-0.1, -0.05) is 166 Å². The van der Waals surface area contributed by atoms with Gasteiger partial charge in [0.15, 0.2) is 0 Å². The lowest BCUT2D eigenvalue weighted by Gasteiger charge is -2.31. The van der Waals surface area contributed by atoms with Gasteiger partial charge in [0.1, 0.15) is 0 Å². The molecule has 0 radical (unpaired) electrons. The Labute approximate surface area is 347 Å². The van der Waals surface area contributed by atoms with Crippen LogP contribution in [0.3, 0.4) is 0 Å². The minimum Gasteiger partial charge on any atom is -0.310 e. The SMILES string of the molecule is Cc1ccc(-c2ccccc2)cc1N(c1ccccc1)c1ccc2ccc3c(N(c4ccccc4)c4cc(-c5ccccc5C(C)C)ccc4C)ccc4ccc1c2c43. The molecule has 0 aliphatic carbocycles. The van der Waals surface area contributed by atoms with Crippen LogP contribution in [0.4, 0.5) is 34.1 Å². The number of hydrogen-bond acceptors (Lipinski definition) is 2. The number of benzene rings is 10. The molecule has 0 fully saturated rings. The van der Waals surface area contributed by atoms with Crippen LogP contribution in [0.2, 0.25) is 0 Å². The summed E-state index contributed by atoms with van der Waals surface area (Å²) in [5.41, 5.74) is 15.6. The van der Waals surface area contributed by atoms with Crippen molar-refractivity contribution in [3.8, 4) is 22.3 Å². The third-order valence-corrected chi connectivity index (χ3v) is 12.0. The maximum atomic E-state index is 2.47. The van der Waals surface area contributed by atoms with Gasteiger partial charge in [-0.2, -0.15) is 0 Å². The molecule has 0 N–H and O–H groups in total. The van der Waals surface area contributed by atoms with Gasteiger partial charge in [-0.3, -0.25) is 0 Å². The second-order valence-corrected chi connectivity index (χ2v) is 16.0. The van der Waals surface area contributed by atoms with Crippen LogP contribution in [-0.2, 0) is 0 Å². The van der Waals surface area contributed by atoms with Crippen LogP contribution < -0.4 is 9.80 Å². The van der Waals surface area contributed by atoms with Crippen molar-refractivity contribution in [1.82, 2.24) is 0 Å². The Morgan fingerprint density at radius 1 is 0.356 bits per heavy atom. The molecule has 2 heteroatoms. The van der Waals surface area contributed by atoms with Crippen molar-refractivity contribution in [2.24, 2.45) is 0 Å². The summed E-state index contributed by atoms with van der Waals surface area (Å²) in [4.78, 5) is 4.92. The standard InChI is InChI=1S/C57H46N2/c1-38(2)48-22-14-15-23-49(48)45-27-25-40(4)55(37-45)59(47-20-12-7-13-21-47)53-35-31-43-28-32-50-52(34-30-42-29-33-51(53)57(43)56(42)50)58(46-18-10-6-11-19-46)54-36-44(26-24-39(54)3)41-16-8-5-9-17-41/h5-38H,1-4H3. The summed E-state index contributed by atoms with van der Waals surface area (Å²) in [6.45, 7) is 9.02. The summed E-state index contributed by atoms with van der Waals surface area (Å²) in [7, 11) is 0. The fourth-order valence-electron chi connectivity index (χ4n) is 9.07. The molecule has 0 spiro atoms. The van der Waals surface area contributed by atoms with E-state index in [9.17, 15) is 0 Å². The van der Waals surface area contributed by atoms with Gasteiger partial charge in [0.2, 0.25) is 0 Å². The van der Waals surface area contributed by atoms with Crippen molar-refractivity contribution in [2.75, 3.05) is 9.80 Å². The maximum Gasteiger partial charge on any atom is 0.0540 e. The Bertz CT molecular complexity index is 3090. The Hall–Kier alpha value is -7.16. The lowest BCUT2D eigenvalue weighted by Crippen LogP contribution is -2.13. The van der Waals surface area contributed by atoms with E-state index in [1.165, 1.54) is 76.9 Å². The molecule has 0 aromatic heterocycles. The maximum absolute atomic E-state index is 2.47. The Morgan fingerprint density at radius 3 is 1.32 bits per heavy atom. The topological polar surface area (TPSA) is 6.48 Å². The third kappa shape index (κ3) is 6.38. The molecule has 0 bridgehead atoms. The summed E-state index contributed by atoms with van der Waals surface area (Å²) in [5.74, 6) is 0.415. The van der Waals surface area contributed by atoms with Gasteiger partial charge >= 0.3 is 0 Å². The van der Waals surface area contributed by atoms with E-state index in [0.29, 0.717) is 5.92 Å². The number of anilines is 6. The smallest absolute Gasteiger partial charge is 0.0540 e. The highest BCUT2D eigenvalue weighted by Crippen LogP contribution is 2.49. The highest BCUT2D eigenvalue weighted by Gasteiger charge is 2.24. The van der Waals surface area contributed by atoms with E-state index in [0.717, 1.165) is 28.4 Å². The number of hydrogen-bond donors (Lipinski definition) is 0. The summed E-state index contributed by atoms with van der Waals surface area (Å²) in [6.07, 6.45) is 0. The van der Waals surface area contributed by atoms with E-state index in [4.69, 9.17) is 0 Å². The van der Waals surface area contributed by atoms with Gasteiger partial charge < -0.3 is 9.80 Å². The molecule has 0 aliphatic rings. The first-order valence-electron chi connectivity index (χ1n) is 20.7. The minimum atomic E-state index is 0.415. The molecule has 0 heterocycles. The lowest BCUT2D eigenvalue weighted by molar-refractivity contribution is 0.869. The molecular formula is C57H46N2. The third-order valence-electron chi connectivity index (χ3n) is 12.0. The van der Waals surface area contributed by atoms with Crippen molar-refractivity contribution in [3.05, 3.63) is 217 Å². The quantitative estimate of drug-likeness (QED) is 0.135.